The molecule has 0 unspecified atom stereocenters. The normalized spacial score (nSPS) is 15.9. The topological polar surface area (TPSA) is 45.8 Å². The van der Waals surface area contributed by atoms with Crippen LogP contribution in [0.2, 0.25) is 0 Å². The first kappa shape index (κ1) is 23.8. The highest BCUT2D eigenvalue weighted by Crippen LogP contribution is 2.38. The molecule has 0 radical (unpaired) electrons. The van der Waals surface area contributed by atoms with E-state index in [0.717, 1.165) is 28.1 Å². The summed E-state index contributed by atoms with van der Waals surface area (Å²) < 4.78 is 20.1. The molecule has 0 spiro atoms. The Labute approximate surface area is 214 Å². The molecule has 5 rings (SSSR count). The zero-order valence-corrected chi connectivity index (χ0v) is 21.3. The van der Waals surface area contributed by atoms with Crippen molar-refractivity contribution in [3.05, 3.63) is 112 Å². The zero-order chi connectivity index (χ0) is 25.4. The summed E-state index contributed by atoms with van der Waals surface area (Å²) >= 11 is 1.29. The van der Waals surface area contributed by atoms with E-state index in [4.69, 9.17) is 9.41 Å². The Morgan fingerprint density at radius 1 is 0.861 bits per heavy atom. The van der Waals surface area contributed by atoms with Crippen LogP contribution in [0.3, 0.4) is 0 Å². The predicted molar refractivity (Wildman–Crippen MR) is 146 cm³/mol. The van der Waals surface area contributed by atoms with E-state index >= 15 is 0 Å². The van der Waals surface area contributed by atoms with Gasteiger partial charge >= 0.3 is 0 Å². The zero-order valence-electron chi connectivity index (χ0n) is 20.5. The van der Waals surface area contributed by atoms with Crippen molar-refractivity contribution in [3.63, 3.8) is 0 Å². The minimum Gasteiger partial charge on any atom is -0.457 e. The van der Waals surface area contributed by atoms with Gasteiger partial charge in [0.1, 0.15) is 17.3 Å². The molecule has 0 atom stereocenters. The van der Waals surface area contributed by atoms with Crippen molar-refractivity contribution in [2.24, 2.45) is 4.99 Å². The summed E-state index contributed by atoms with van der Waals surface area (Å²) in [6.45, 7) is 8.17. The SMILES string of the molecule is Cc1ccc(N=C2S/C(=C\c3ccc(-c4ccccc4F)o3)C(=O)N2c2ccc(C)c(C)c2)cc1C. The second-order valence-electron chi connectivity index (χ2n) is 8.86. The fourth-order valence-electron chi connectivity index (χ4n) is 3.91. The highest BCUT2D eigenvalue weighted by atomic mass is 32.2. The number of rotatable bonds is 4. The number of hydrogen-bond donors (Lipinski definition) is 0. The first-order chi connectivity index (χ1) is 17.3. The van der Waals surface area contributed by atoms with Gasteiger partial charge in [-0.3, -0.25) is 9.69 Å². The Morgan fingerprint density at radius 3 is 2.31 bits per heavy atom. The molecule has 1 saturated heterocycles. The van der Waals surface area contributed by atoms with Gasteiger partial charge in [-0.2, -0.15) is 0 Å². The molecule has 4 aromatic rings. The van der Waals surface area contributed by atoms with E-state index in [9.17, 15) is 9.18 Å². The number of amidine groups is 1. The molecule has 0 aliphatic carbocycles. The number of carbonyl (C=O) groups is 1. The largest absolute Gasteiger partial charge is 0.457 e. The fourth-order valence-corrected chi connectivity index (χ4v) is 4.89. The van der Waals surface area contributed by atoms with Gasteiger partial charge in [0, 0.05) is 6.08 Å². The van der Waals surface area contributed by atoms with Crippen molar-refractivity contribution in [1.29, 1.82) is 0 Å². The number of benzene rings is 3. The third-order valence-electron chi connectivity index (χ3n) is 6.31. The van der Waals surface area contributed by atoms with Crippen molar-refractivity contribution < 1.29 is 13.6 Å². The van der Waals surface area contributed by atoms with E-state index in [2.05, 4.69) is 6.92 Å². The monoisotopic (exact) mass is 496 g/mol. The maximum atomic E-state index is 14.2. The van der Waals surface area contributed by atoms with E-state index < -0.39 is 0 Å². The lowest BCUT2D eigenvalue weighted by Crippen LogP contribution is -2.28. The summed E-state index contributed by atoms with van der Waals surface area (Å²) in [6, 6.07) is 21.8. The molecule has 1 amide bonds. The number of furan rings is 1. The first-order valence-electron chi connectivity index (χ1n) is 11.6. The number of nitrogens with zero attached hydrogens (tertiary/aromatic N) is 2. The molecule has 0 bridgehead atoms. The number of thioether (sulfide) groups is 1. The smallest absolute Gasteiger partial charge is 0.271 e. The number of aliphatic imine (C=N–C) groups is 1. The summed E-state index contributed by atoms with van der Waals surface area (Å²) in [6.07, 6.45) is 1.69. The van der Waals surface area contributed by atoms with E-state index in [1.165, 1.54) is 23.4 Å². The fraction of sp³-hybridized carbons (Fsp3) is 0.133. The Bertz CT molecular complexity index is 1550. The average Bonchev–Trinajstić information content (AvgIpc) is 3.43. The van der Waals surface area contributed by atoms with Crippen molar-refractivity contribution in [3.8, 4) is 11.3 Å². The molecule has 36 heavy (non-hydrogen) atoms. The molecule has 1 aliphatic heterocycles. The Balaban J connectivity index is 1.55. The van der Waals surface area contributed by atoms with Gasteiger partial charge < -0.3 is 4.42 Å². The molecule has 0 saturated carbocycles. The highest BCUT2D eigenvalue weighted by Gasteiger charge is 2.35. The van der Waals surface area contributed by atoms with Crippen molar-refractivity contribution in [2.75, 3.05) is 4.90 Å². The lowest BCUT2D eigenvalue weighted by molar-refractivity contribution is -0.113. The molecule has 0 N–H and O–H groups in total. The molecular weight excluding hydrogens is 471 g/mol. The van der Waals surface area contributed by atoms with Gasteiger partial charge in [-0.1, -0.05) is 24.3 Å². The molecule has 1 aromatic heterocycles. The van der Waals surface area contributed by atoms with Crippen molar-refractivity contribution >= 4 is 40.3 Å². The molecule has 1 aliphatic rings. The summed E-state index contributed by atoms with van der Waals surface area (Å²) in [5.41, 5.74) is 6.48. The molecule has 1 fully saturated rings. The number of hydrogen-bond acceptors (Lipinski definition) is 4. The number of anilines is 1. The maximum absolute atomic E-state index is 14.2. The summed E-state index contributed by atoms with van der Waals surface area (Å²) in [4.78, 5) is 20.6. The minimum atomic E-state index is -0.360. The predicted octanol–water partition coefficient (Wildman–Crippen LogP) is 8.13. The molecule has 6 heteroatoms. The summed E-state index contributed by atoms with van der Waals surface area (Å²) in [5.74, 6) is 0.331. The van der Waals surface area contributed by atoms with Gasteiger partial charge in [-0.25, -0.2) is 9.38 Å². The number of halogens is 1. The van der Waals surface area contributed by atoms with Crippen LogP contribution in [-0.4, -0.2) is 11.1 Å². The lowest BCUT2D eigenvalue weighted by atomic mass is 10.1. The standard InChI is InChI=1S/C30H25FN2O2S/c1-18-9-11-22(15-20(18)3)32-30-33(23-12-10-19(2)21(4)16-23)29(34)28(36-30)17-24-13-14-27(35-24)25-7-5-6-8-26(25)31/h5-17H,1-4H3/b28-17-,32-30?. The Kier molecular flexibility index (Phi) is 6.37. The van der Waals surface area contributed by atoms with Gasteiger partial charge in [-0.05, 0) is 110 Å². The van der Waals surface area contributed by atoms with Crippen LogP contribution in [0.25, 0.3) is 17.4 Å². The van der Waals surface area contributed by atoms with E-state index in [0.29, 0.717) is 27.2 Å². The molecule has 3 aromatic carbocycles. The number of amides is 1. The van der Waals surface area contributed by atoms with Gasteiger partial charge in [0.15, 0.2) is 5.17 Å². The van der Waals surface area contributed by atoms with E-state index in [1.54, 1.807) is 41.3 Å². The van der Waals surface area contributed by atoms with Gasteiger partial charge in [-0.15, -0.1) is 0 Å². The Morgan fingerprint density at radius 2 is 1.58 bits per heavy atom. The molecule has 4 nitrogen and oxygen atoms in total. The van der Waals surface area contributed by atoms with E-state index in [1.807, 2.05) is 57.2 Å². The minimum absolute atomic E-state index is 0.185. The van der Waals surface area contributed by atoms with Crippen LogP contribution in [0.5, 0.6) is 0 Å². The molecule has 2 heterocycles. The van der Waals surface area contributed by atoms with Crippen molar-refractivity contribution in [1.82, 2.24) is 0 Å². The third kappa shape index (κ3) is 4.64. The Hall–Kier alpha value is -3.90. The van der Waals surface area contributed by atoms with Crippen LogP contribution < -0.4 is 4.90 Å². The molecular formula is C30H25FN2O2S. The van der Waals surface area contributed by atoms with Crippen LogP contribution >= 0.6 is 11.8 Å². The average molecular weight is 497 g/mol. The second-order valence-corrected chi connectivity index (χ2v) is 9.87. The summed E-state index contributed by atoms with van der Waals surface area (Å²) in [7, 11) is 0. The van der Waals surface area contributed by atoms with E-state index in [-0.39, 0.29) is 11.7 Å². The van der Waals surface area contributed by atoms with Crippen LogP contribution in [0.4, 0.5) is 15.8 Å². The van der Waals surface area contributed by atoms with Crippen molar-refractivity contribution in [2.45, 2.75) is 27.7 Å². The van der Waals surface area contributed by atoms with Gasteiger partial charge in [0.2, 0.25) is 0 Å². The second kappa shape index (κ2) is 9.63. The molecule has 180 valence electrons. The van der Waals surface area contributed by atoms with Crippen LogP contribution in [-0.2, 0) is 4.79 Å². The third-order valence-corrected chi connectivity index (χ3v) is 7.28. The van der Waals surface area contributed by atoms with Gasteiger partial charge in [0.05, 0.1) is 21.8 Å². The lowest BCUT2D eigenvalue weighted by Gasteiger charge is -2.17. The van der Waals surface area contributed by atoms with Crippen LogP contribution in [0.1, 0.15) is 28.0 Å². The number of carbonyl (C=O) groups excluding carboxylic acids is 1. The van der Waals surface area contributed by atoms with Crippen LogP contribution in [0.15, 0.2) is 87.1 Å². The summed E-state index contributed by atoms with van der Waals surface area (Å²) in [5, 5.41) is 0.568. The highest BCUT2D eigenvalue weighted by molar-refractivity contribution is 8.19. The van der Waals surface area contributed by atoms with Gasteiger partial charge in [0.25, 0.3) is 5.91 Å². The van der Waals surface area contributed by atoms with Crippen LogP contribution in [0, 0.1) is 33.5 Å². The first-order valence-corrected chi connectivity index (χ1v) is 12.4. The maximum Gasteiger partial charge on any atom is 0.271 e. The number of aryl methyl sites for hydroxylation is 4. The quantitative estimate of drug-likeness (QED) is 0.268.